The number of phenolic OH excluding ortho intramolecular Hbond substituents is 1. The first-order valence-electron chi connectivity index (χ1n) is 8.67. The van der Waals surface area contributed by atoms with Crippen molar-refractivity contribution in [2.45, 2.75) is 4.90 Å². The molecule has 28 heavy (non-hydrogen) atoms. The van der Waals surface area contributed by atoms with Crippen LogP contribution in [0.2, 0.25) is 0 Å². The minimum Gasteiger partial charge on any atom is -0.508 e. The quantitative estimate of drug-likeness (QED) is 0.748. The highest BCUT2D eigenvalue weighted by molar-refractivity contribution is 7.89. The van der Waals surface area contributed by atoms with Gasteiger partial charge >= 0.3 is 5.97 Å². The van der Waals surface area contributed by atoms with Crippen LogP contribution < -0.4 is 0 Å². The summed E-state index contributed by atoms with van der Waals surface area (Å²) >= 11 is 0. The van der Waals surface area contributed by atoms with Crippen LogP contribution >= 0.6 is 0 Å². The second kappa shape index (κ2) is 8.41. The Hall–Kier alpha value is -2.91. The minimum absolute atomic E-state index is 0.0727. The summed E-state index contributed by atoms with van der Waals surface area (Å²) in [6.07, 6.45) is 0. The number of ether oxygens (including phenoxy) is 1. The highest BCUT2D eigenvalue weighted by Gasteiger charge is 2.30. The van der Waals surface area contributed by atoms with Crippen molar-refractivity contribution in [2.75, 3.05) is 32.8 Å². The van der Waals surface area contributed by atoms with Crippen LogP contribution in [0.4, 0.5) is 0 Å². The molecule has 0 aromatic heterocycles. The molecule has 1 aliphatic rings. The van der Waals surface area contributed by atoms with E-state index in [-0.39, 0.29) is 42.4 Å². The van der Waals surface area contributed by atoms with Gasteiger partial charge < -0.3 is 14.7 Å². The number of phenols is 1. The van der Waals surface area contributed by atoms with Crippen molar-refractivity contribution in [2.24, 2.45) is 0 Å². The van der Waals surface area contributed by atoms with Gasteiger partial charge in [0.15, 0.2) is 6.61 Å². The Morgan fingerprint density at radius 3 is 2.29 bits per heavy atom. The van der Waals surface area contributed by atoms with Crippen molar-refractivity contribution in [1.29, 1.82) is 0 Å². The zero-order chi connectivity index (χ0) is 20.1. The maximum absolute atomic E-state index is 12.6. The summed E-state index contributed by atoms with van der Waals surface area (Å²) in [5.41, 5.74) is 0.145. The highest BCUT2D eigenvalue weighted by atomic mass is 32.2. The van der Waals surface area contributed by atoms with Gasteiger partial charge in [-0.05, 0) is 30.3 Å². The molecule has 1 amide bonds. The second-order valence-corrected chi connectivity index (χ2v) is 8.16. The number of aromatic hydroxyl groups is 1. The number of benzene rings is 2. The summed E-state index contributed by atoms with van der Waals surface area (Å²) in [6.45, 7) is 0.329. The van der Waals surface area contributed by atoms with Gasteiger partial charge in [0, 0.05) is 26.2 Å². The molecule has 0 bridgehead atoms. The van der Waals surface area contributed by atoms with Crippen molar-refractivity contribution in [3.8, 4) is 5.75 Å². The largest absolute Gasteiger partial charge is 0.508 e. The standard InChI is InChI=1S/C19H20N2O6S/c22-16-6-4-5-15(13-16)19(24)27-14-18(23)20-9-11-21(12-10-20)28(25,26)17-7-2-1-3-8-17/h1-8,13,22H,9-12,14H2. The van der Waals surface area contributed by atoms with Gasteiger partial charge in [0.1, 0.15) is 5.75 Å². The van der Waals surface area contributed by atoms with Gasteiger partial charge in [-0.3, -0.25) is 4.79 Å². The molecule has 1 N–H and O–H groups in total. The van der Waals surface area contributed by atoms with Crippen molar-refractivity contribution in [1.82, 2.24) is 9.21 Å². The molecule has 1 fully saturated rings. The van der Waals surface area contributed by atoms with E-state index in [9.17, 15) is 23.1 Å². The van der Waals surface area contributed by atoms with Crippen molar-refractivity contribution >= 4 is 21.9 Å². The van der Waals surface area contributed by atoms with Crippen LogP contribution in [-0.4, -0.2) is 67.4 Å². The molecule has 0 saturated carbocycles. The molecule has 0 spiro atoms. The molecule has 0 unspecified atom stereocenters. The number of nitrogens with zero attached hydrogens (tertiary/aromatic N) is 2. The van der Waals surface area contributed by atoms with E-state index in [4.69, 9.17) is 4.74 Å². The maximum atomic E-state index is 12.6. The molecule has 148 valence electrons. The number of hydrogen-bond donors (Lipinski definition) is 1. The molecule has 2 aromatic carbocycles. The summed E-state index contributed by atoms with van der Waals surface area (Å²) in [4.78, 5) is 25.9. The summed E-state index contributed by atoms with van der Waals surface area (Å²) < 4.78 is 31.5. The number of sulfonamides is 1. The van der Waals surface area contributed by atoms with Gasteiger partial charge in [-0.15, -0.1) is 0 Å². The average Bonchev–Trinajstić information content (AvgIpc) is 2.72. The Kier molecular flexibility index (Phi) is 5.96. The SMILES string of the molecule is O=C(OCC(=O)N1CCN(S(=O)(=O)c2ccccc2)CC1)c1cccc(O)c1. The number of piperazine rings is 1. The Balaban J connectivity index is 1.52. The maximum Gasteiger partial charge on any atom is 0.338 e. The van der Waals surface area contributed by atoms with E-state index in [2.05, 4.69) is 0 Å². The molecule has 0 atom stereocenters. The number of rotatable bonds is 5. The second-order valence-electron chi connectivity index (χ2n) is 6.22. The lowest BCUT2D eigenvalue weighted by atomic mass is 10.2. The number of carbonyl (C=O) groups excluding carboxylic acids is 2. The predicted molar refractivity (Wildman–Crippen MR) is 100 cm³/mol. The highest BCUT2D eigenvalue weighted by Crippen LogP contribution is 2.17. The van der Waals surface area contributed by atoms with Gasteiger partial charge in [-0.25, -0.2) is 13.2 Å². The fourth-order valence-corrected chi connectivity index (χ4v) is 4.30. The lowest BCUT2D eigenvalue weighted by molar-refractivity contribution is -0.135. The monoisotopic (exact) mass is 404 g/mol. The van der Waals surface area contributed by atoms with Crippen LogP contribution in [-0.2, 0) is 19.6 Å². The molecule has 9 heteroatoms. The van der Waals surface area contributed by atoms with E-state index >= 15 is 0 Å². The molecule has 2 aromatic rings. The zero-order valence-corrected chi connectivity index (χ0v) is 15.8. The first-order valence-corrected chi connectivity index (χ1v) is 10.1. The molecular formula is C19H20N2O6S. The van der Waals surface area contributed by atoms with Crippen LogP contribution in [0.25, 0.3) is 0 Å². The first kappa shape index (κ1) is 19.8. The van der Waals surface area contributed by atoms with E-state index in [0.717, 1.165) is 0 Å². The number of amides is 1. The molecule has 1 saturated heterocycles. The van der Waals surface area contributed by atoms with Gasteiger partial charge in [-0.2, -0.15) is 4.31 Å². The molecule has 1 aliphatic heterocycles. The summed E-state index contributed by atoms with van der Waals surface area (Å²) in [5.74, 6) is -1.18. The number of carbonyl (C=O) groups is 2. The predicted octanol–water partition coefficient (Wildman–Crippen LogP) is 1.08. The average molecular weight is 404 g/mol. The molecule has 1 heterocycles. The summed E-state index contributed by atoms with van der Waals surface area (Å²) in [7, 11) is -3.59. The molecule has 0 aliphatic carbocycles. The molecular weight excluding hydrogens is 384 g/mol. The third-order valence-electron chi connectivity index (χ3n) is 4.38. The van der Waals surface area contributed by atoms with E-state index in [1.807, 2.05) is 0 Å². The normalized spacial score (nSPS) is 15.2. The van der Waals surface area contributed by atoms with Crippen molar-refractivity contribution in [3.63, 3.8) is 0 Å². The van der Waals surface area contributed by atoms with E-state index in [1.165, 1.54) is 45.6 Å². The lowest BCUT2D eigenvalue weighted by Gasteiger charge is -2.33. The third-order valence-corrected chi connectivity index (χ3v) is 6.29. The molecule has 8 nitrogen and oxygen atoms in total. The van der Waals surface area contributed by atoms with Crippen LogP contribution in [0.3, 0.4) is 0 Å². The van der Waals surface area contributed by atoms with Crippen LogP contribution in [0, 0.1) is 0 Å². The Labute approximate surface area is 163 Å². The fraction of sp³-hybridized carbons (Fsp3) is 0.263. The Morgan fingerprint density at radius 2 is 1.64 bits per heavy atom. The van der Waals surface area contributed by atoms with Crippen LogP contribution in [0.15, 0.2) is 59.5 Å². The van der Waals surface area contributed by atoms with Gasteiger partial charge in [0.25, 0.3) is 5.91 Å². The van der Waals surface area contributed by atoms with Crippen LogP contribution in [0.1, 0.15) is 10.4 Å². The van der Waals surface area contributed by atoms with Crippen molar-refractivity contribution < 1.29 is 27.9 Å². The molecule has 3 rings (SSSR count). The van der Waals surface area contributed by atoms with Gasteiger partial charge in [0.2, 0.25) is 10.0 Å². The van der Waals surface area contributed by atoms with Gasteiger partial charge in [0.05, 0.1) is 10.5 Å². The molecule has 0 radical (unpaired) electrons. The summed E-state index contributed by atoms with van der Waals surface area (Å²) in [5, 5.41) is 9.38. The van der Waals surface area contributed by atoms with Gasteiger partial charge in [-0.1, -0.05) is 24.3 Å². The topological polar surface area (TPSA) is 104 Å². The first-order chi connectivity index (χ1) is 13.4. The number of hydrogen-bond acceptors (Lipinski definition) is 6. The Morgan fingerprint density at radius 1 is 0.964 bits per heavy atom. The number of esters is 1. The van der Waals surface area contributed by atoms with Crippen LogP contribution in [0.5, 0.6) is 5.75 Å². The van der Waals surface area contributed by atoms with E-state index in [1.54, 1.807) is 18.2 Å². The smallest absolute Gasteiger partial charge is 0.338 e. The third kappa shape index (κ3) is 4.49. The fourth-order valence-electron chi connectivity index (χ4n) is 2.85. The lowest BCUT2D eigenvalue weighted by Crippen LogP contribution is -2.51. The zero-order valence-electron chi connectivity index (χ0n) is 15.0. The van der Waals surface area contributed by atoms with Crippen molar-refractivity contribution in [3.05, 3.63) is 60.2 Å². The van der Waals surface area contributed by atoms with E-state index < -0.39 is 28.5 Å². The Bertz CT molecular complexity index is 953. The van der Waals surface area contributed by atoms with E-state index in [0.29, 0.717) is 0 Å². The minimum atomic E-state index is -3.59. The summed E-state index contributed by atoms with van der Waals surface area (Å²) in [6, 6.07) is 13.8.